The number of fused-ring (bicyclic) bond motifs is 3. The predicted molar refractivity (Wildman–Crippen MR) is 129 cm³/mol. The van der Waals surface area contributed by atoms with Crippen LogP contribution in [-0.4, -0.2) is 41.9 Å². The number of rotatable bonds is 3. The van der Waals surface area contributed by atoms with Crippen LogP contribution >= 0.6 is 0 Å². The van der Waals surface area contributed by atoms with Gasteiger partial charge in [-0.05, 0) is 67.4 Å². The Labute approximate surface area is 196 Å². The third-order valence-corrected chi connectivity index (χ3v) is 8.60. The molecule has 6 rings (SSSR count). The van der Waals surface area contributed by atoms with Gasteiger partial charge in [-0.25, -0.2) is 4.39 Å². The second-order valence-electron chi connectivity index (χ2n) is 10.8. The average Bonchev–Trinajstić information content (AvgIpc) is 3.12. The van der Waals surface area contributed by atoms with E-state index in [-0.39, 0.29) is 17.2 Å². The van der Waals surface area contributed by atoms with Gasteiger partial charge in [0, 0.05) is 49.6 Å². The summed E-state index contributed by atoms with van der Waals surface area (Å²) in [7, 11) is 0. The SMILES string of the molecule is Cc1ccc2c(c1)CC1=C2C2(CCN(C(=O)C3CCC3)CC2)CN(Cc2ccccc2F)C1. The number of hydrogen-bond acceptors (Lipinski definition) is 2. The fourth-order valence-electron chi connectivity index (χ4n) is 6.71. The van der Waals surface area contributed by atoms with Crippen molar-refractivity contribution in [2.24, 2.45) is 11.3 Å². The molecule has 0 atom stereocenters. The van der Waals surface area contributed by atoms with E-state index in [1.807, 2.05) is 12.1 Å². The highest BCUT2D eigenvalue weighted by Crippen LogP contribution is 2.53. The number of hydrogen-bond donors (Lipinski definition) is 0. The Hall–Kier alpha value is -2.46. The summed E-state index contributed by atoms with van der Waals surface area (Å²) < 4.78 is 14.5. The molecule has 0 radical (unpaired) electrons. The minimum absolute atomic E-state index is 0.0513. The predicted octanol–water partition coefficient (Wildman–Crippen LogP) is 5.37. The minimum atomic E-state index is -0.113. The molecule has 1 spiro atoms. The summed E-state index contributed by atoms with van der Waals surface area (Å²) in [6, 6.07) is 14.1. The largest absolute Gasteiger partial charge is 0.342 e. The number of likely N-dealkylation sites (tertiary alicyclic amines) is 1. The van der Waals surface area contributed by atoms with Crippen LogP contribution in [0.1, 0.15) is 54.4 Å². The van der Waals surface area contributed by atoms with Crippen LogP contribution in [0.15, 0.2) is 48.0 Å². The van der Waals surface area contributed by atoms with E-state index < -0.39 is 0 Å². The first kappa shape index (κ1) is 21.1. The van der Waals surface area contributed by atoms with Crippen LogP contribution in [0.2, 0.25) is 0 Å². The number of amides is 1. The zero-order valence-electron chi connectivity index (χ0n) is 19.6. The van der Waals surface area contributed by atoms with Crippen molar-refractivity contribution in [1.82, 2.24) is 9.80 Å². The van der Waals surface area contributed by atoms with Crippen molar-refractivity contribution in [2.45, 2.75) is 52.0 Å². The van der Waals surface area contributed by atoms with Crippen LogP contribution in [0.3, 0.4) is 0 Å². The standard InChI is InChI=1S/C29H33FN2O/c1-20-9-10-25-23(15-20)16-24-18-31(17-22-5-2-3-8-26(22)30)19-29(27(24)25)11-13-32(14-12-29)28(33)21-6-4-7-21/h2-3,5,8-10,15,21H,4,6-7,11-14,16-19H2,1H3. The number of benzene rings is 2. The zero-order chi connectivity index (χ0) is 22.6. The molecule has 0 bridgehead atoms. The second-order valence-corrected chi connectivity index (χ2v) is 10.8. The Balaban J connectivity index is 1.31. The van der Waals surface area contributed by atoms with E-state index in [1.54, 1.807) is 17.7 Å². The van der Waals surface area contributed by atoms with Crippen LogP contribution in [0.4, 0.5) is 4.39 Å². The average molecular weight is 445 g/mol. The van der Waals surface area contributed by atoms with Crippen molar-refractivity contribution in [3.8, 4) is 0 Å². The maximum Gasteiger partial charge on any atom is 0.225 e. The molecule has 0 N–H and O–H groups in total. The molecule has 1 saturated carbocycles. The molecule has 0 unspecified atom stereocenters. The normalized spacial score (nSPS) is 22.3. The number of piperidine rings is 1. The molecule has 2 heterocycles. The number of carbonyl (C=O) groups is 1. The Bertz CT molecular complexity index is 1120. The Morgan fingerprint density at radius 1 is 1.12 bits per heavy atom. The lowest BCUT2D eigenvalue weighted by Gasteiger charge is -2.49. The molecule has 1 saturated heterocycles. The van der Waals surface area contributed by atoms with E-state index >= 15 is 0 Å². The summed E-state index contributed by atoms with van der Waals surface area (Å²) in [5.41, 5.74) is 8.08. The molecule has 2 aromatic carbocycles. The van der Waals surface area contributed by atoms with Crippen LogP contribution in [0, 0.1) is 24.1 Å². The molecule has 2 fully saturated rings. The summed E-state index contributed by atoms with van der Waals surface area (Å²) in [6.45, 7) is 6.36. The summed E-state index contributed by atoms with van der Waals surface area (Å²) >= 11 is 0. The van der Waals surface area contributed by atoms with Gasteiger partial charge < -0.3 is 4.90 Å². The van der Waals surface area contributed by atoms with Crippen molar-refractivity contribution in [1.29, 1.82) is 0 Å². The maximum atomic E-state index is 14.5. The van der Waals surface area contributed by atoms with Crippen molar-refractivity contribution in [3.63, 3.8) is 0 Å². The molecular weight excluding hydrogens is 411 g/mol. The topological polar surface area (TPSA) is 23.6 Å². The van der Waals surface area contributed by atoms with Crippen LogP contribution in [0.5, 0.6) is 0 Å². The van der Waals surface area contributed by atoms with Gasteiger partial charge >= 0.3 is 0 Å². The van der Waals surface area contributed by atoms with Crippen molar-refractivity contribution >= 4 is 11.5 Å². The first-order valence-corrected chi connectivity index (χ1v) is 12.6. The molecule has 4 heteroatoms. The number of aryl methyl sites for hydroxylation is 1. The van der Waals surface area contributed by atoms with Crippen LogP contribution in [-0.2, 0) is 17.8 Å². The van der Waals surface area contributed by atoms with Crippen molar-refractivity contribution in [3.05, 3.63) is 76.1 Å². The fraction of sp³-hybridized carbons (Fsp3) is 0.483. The highest BCUT2D eigenvalue weighted by molar-refractivity contribution is 5.83. The Morgan fingerprint density at radius 2 is 1.91 bits per heavy atom. The number of carbonyl (C=O) groups excluding carboxylic acids is 1. The van der Waals surface area contributed by atoms with Crippen molar-refractivity contribution in [2.75, 3.05) is 26.2 Å². The van der Waals surface area contributed by atoms with E-state index in [1.165, 1.54) is 28.7 Å². The van der Waals surface area contributed by atoms with E-state index in [9.17, 15) is 9.18 Å². The highest BCUT2D eigenvalue weighted by Gasteiger charge is 2.47. The monoisotopic (exact) mass is 444 g/mol. The van der Waals surface area contributed by atoms with Crippen LogP contribution < -0.4 is 0 Å². The van der Waals surface area contributed by atoms with E-state index in [0.29, 0.717) is 12.5 Å². The van der Waals surface area contributed by atoms with Gasteiger partial charge in [-0.1, -0.05) is 48.4 Å². The van der Waals surface area contributed by atoms with Crippen LogP contribution in [0.25, 0.3) is 5.57 Å². The number of halogens is 1. The quantitative estimate of drug-likeness (QED) is 0.636. The van der Waals surface area contributed by atoms with Gasteiger partial charge in [0.15, 0.2) is 0 Å². The zero-order valence-corrected chi connectivity index (χ0v) is 19.6. The molecule has 172 valence electrons. The third kappa shape index (κ3) is 3.63. The molecule has 2 aliphatic carbocycles. The number of nitrogens with zero attached hydrogens (tertiary/aromatic N) is 2. The molecule has 3 nitrogen and oxygen atoms in total. The molecular formula is C29H33FN2O. The van der Waals surface area contributed by atoms with E-state index in [2.05, 4.69) is 34.9 Å². The van der Waals surface area contributed by atoms with Gasteiger partial charge in [0.25, 0.3) is 0 Å². The summed E-state index contributed by atoms with van der Waals surface area (Å²) in [5, 5.41) is 0. The smallest absolute Gasteiger partial charge is 0.225 e. The maximum absolute atomic E-state index is 14.5. The Morgan fingerprint density at radius 3 is 2.64 bits per heavy atom. The second kappa shape index (κ2) is 8.09. The van der Waals surface area contributed by atoms with Gasteiger partial charge in [0.1, 0.15) is 5.82 Å². The van der Waals surface area contributed by atoms with E-state index in [0.717, 1.165) is 63.8 Å². The third-order valence-electron chi connectivity index (χ3n) is 8.60. The van der Waals surface area contributed by atoms with Gasteiger partial charge in [-0.3, -0.25) is 9.69 Å². The molecule has 1 amide bonds. The minimum Gasteiger partial charge on any atom is -0.342 e. The summed E-state index contributed by atoms with van der Waals surface area (Å²) in [4.78, 5) is 17.5. The van der Waals surface area contributed by atoms with Gasteiger partial charge in [0.2, 0.25) is 5.91 Å². The van der Waals surface area contributed by atoms with Gasteiger partial charge in [-0.2, -0.15) is 0 Å². The first-order chi connectivity index (χ1) is 16.0. The van der Waals surface area contributed by atoms with Gasteiger partial charge in [-0.15, -0.1) is 0 Å². The lowest BCUT2D eigenvalue weighted by Crippen LogP contribution is -2.52. The lowest BCUT2D eigenvalue weighted by atomic mass is 9.67. The fourth-order valence-corrected chi connectivity index (χ4v) is 6.71. The highest BCUT2D eigenvalue weighted by atomic mass is 19.1. The van der Waals surface area contributed by atoms with Gasteiger partial charge in [0.05, 0.1) is 0 Å². The van der Waals surface area contributed by atoms with Crippen molar-refractivity contribution < 1.29 is 9.18 Å². The lowest BCUT2D eigenvalue weighted by molar-refractivity contribution is -0.140. The molecule has 4 aliphatic rings. The molecule has 0 aromatic heterocycles. The van der Waals surface area contributed by atoms with E-state index in [4.69, 9.17) is 0 Å². The Kier molecular flexibility index (Phi) is 5.17. The summed E-state index contributed by atoms with van der Waals surface area (Å²) in [5.74, 6) is 0.539. The molecule has 33 heavy (non-hydrogen) atoms. The molecule has 2 aliphatic heterocycles. The summed E-state index contributed by atoms with van der Waals surface area (Å²) in [6.07, 6.45) is 6.35. The molecule has 2 aromatic rings. The first-order valence-electron chi connectivity index (χ1n) is 12.6.